The van der Waals surface area contributed by atoms with Crippen LogP contribution in [0.3, 0.4) is 0 Å². The lowest BCUT2D eigenvalue weighted by molar-refractivity contribution is 0.632. The SMILES string of the molecule is c1ccc(-c2ccccc2-c2ccc(N(c3cccc(-c4oc5ccccc5c4-c4ccccc4)c3)c3ccc4c(ccc5ccccc54)c3)cc2)cc1. The van der Waals surface area contributed by atoms with Gasteiger partial charge in [-0.3, -0.25) is 0 Å². The summed E-state index contributed by atoms with van der Waals surface area (Å²) in [6.07, 6.45) is 0. The van der Waals surface area contributed by atoms with Crippen LogP contribution in [-0.2, 0) is 0 Å². The second-order valence-electron chi connectivity index (χ2n) is 13.7. The van der Waals surface area contributed by atoms with E-state index in [1.165, 1.54) is 43.8 Å². The van der Waals surface area contributed by atoms with Crippen molar-refractivity contribution in [1.29, 1.82) is 0 Å². The zero-order chi connectivity index (χ0) is 35.8. The van der Waals surface area contributed by atoms with Gasteiger partial charge in [-0.2, -0.15) is 0 Å². The van der Waals surface area contributed by atoms with Crippen LogP contribution in [0.15, 0.2) is 217 Å². The standard InChI is InChI=1S/C52H35NO/c1-3-14-36(15-4-1)45-22-9-10-23-47(45)38-28-30-42(31-29-38)53(44-32-33-48-40(34-44)27-26-37-16-7-8-21-46(37)48)43-20-13-19-41(35-43)52-51(39-17-5-2-6-18-39)49-24-11-12-25-50(49)54-52/h1-35H. The molecule has 10 rings (SSSR count). The minimum atomic E-state index is 0.863. The first kappa shape index (κ1) is 31.6. The third kappa shape index (κ3) is 5.62. The van der Waals surface area contributed by atoms with Crippen molar-refractivity contribution in [2.75, 3.05) is 4.90 Å². The zero-order valence-corrected chi connectivity index (χ0v) is 29.6. The van der Waals surface area contributed by atoms with Crippen molar-refractivity contribution in [3.05, 3.63) is 212 Å². The normalized spacial score (nSPS) is 11.3. The summed E-state index contributed by atoms with van der Waals surface area (Å²) >= 11 is 0. The summed E-state index contributed by atoms with van der Waals surface area (Å²) in [5.74, 6) is 0.863. The fraction of sp³-hybridized carbons (Fsp3) is 0. The largest absolute Gasteiger partial charge is 0.455 e. The lowest BCUT2D eigenvalue weighted by Crippen LogP contribution is -2.10. The van der Waals surface area contributed by atoms with Gasteiger partial charge in [-0.15, -0.1) is 0 Å². The van der Waals surface area contributed by atoms with Gasteiger partial charge in [-0.25, -0.2) is 0 Å². The molecule has 0 saturated carbocycles. The minimum Gasteiger partial charge on any atom is -0.455 e. The van der Waals surface area contributed by atoms with Crippen LogP contribution < -0.4 is 4.90 Å². The average Bonchev–Trinajstić information content (AvgIpc) is 3.65. The molecule has 10 aromatic rings. The number of nitrogens with zero attached hydrogens (tertiary/aromatic N) is 1. The lowest BCUT2D eigenvalue weighted by atomic mass is 9.94. The van der Waals surface area contributed by atoms with Crippen molar-refractivity contribution in [3.8, 4) is 44.7 Å². The molecule has 0 fully saturated rings. The highest BCUT2D eigenvalue weighted by atomic mass is 16.3. The molecule has 2 nitrogen and oxygen atoms in total. The van der Waals surface area contributed by atoms with E-state index in [4.69, 9.17) is 4.42 Å². The van der Waals surface area contributed by atoms with Crippen molar-refractivity contribution in [2.45, 2.75) is 0 Å². The zero-order valence-electron chi connectivity index (χ0n) is 29.6. The Labute approximate surface area is 314 Å². The topological polar surface area (TPSA) is 16.4 Å². The number of rotatable bonds is 7. The van der Waals surface area contributed by atoms with E-state index in [0.29, 0.717) is 0 Å². The van der Waals surface area contributed by atoms with E-state index in [-0.39, 0.29) is 0 Å². The summed E-state index contributed by atoms with van der Waals surface area (Å²) in [5.41, 5.74) is 12.1. The van der Waals surface area contributed by atoms with Gasteiger partial charge in [-0.1, -0.05) is 170 Å². The smallest absolute Gasteiger partial charge is 0.143 e. The Morgan fingerprint density at radius 1 is 0.315 bits per heavy atom. The van der Waals surface area contributed by atoms with E-state index in [2.05, 4.69) is 211 Å². The maximum atomic E-state index is 6.68. The maximum absolute atomic E-state index is 6.68. The highest BCUT2D eigenvalue weighted by molar-refractivity contribution is 6.09. The van der Waals surface area contributed by atoms with E-state index >= 15 is 0 Å². The quantitative estimate of drug-likeness (QED) is 0.155. The van der Waals surface area contributed by atoms with E-state index in [1.807, 2.05) is 6.07 Å². The third-order valence-electron chi connectivity index (χ3n) is 10.5. The van der Waals surface area contributed by atoms with Crippen molar-refractivity contribution in [1.82, 2.24) is 0 Å². The number of hydrogen-bond donors (Lipinski definition) is 0. The van der Waals surface area contributed by atoms with Gasteiger partial charge in [0.1, 0.15) is 11.3 Å². The predicted octanol–water partition coefficient (Wildman–Crippen LogP) is 14.9. The molecule has 0 atom stereocenters. The molecule has 54 heavy (non-hydrogen) atoms. The van der Waals surface area contributed by atoms with Crippen LogP contribution >= 0.6 is 0 Å². The molecule has 0 amide bonds. The molecule has 0 N–H and O–H groups in total. The second-order valence-corrected chi connectivity index (χ2v) is 13.7. The first-order valence-corrected chi connectivity index (χ1v) is 18.4. The van der Waals surface area contributed by atoms with Gasteiger partial charge in [0.05, 0.1) is 0 Å². The Morgan fingerprint density at radius 3 is 1.65 bits per heavy atom. The molecule has 0 aliphatic heterocycles. The summed E-state index contributed by atoms with van der Waals surface area (Å²) < 4.78 is 6.68. The number of anilines is 3. The van der Waals surface area contributed by atoms with Crippen molar-refractivity contribution in [2.24, 2.45) is 0 Å². The molecule has 9 aromatic carbocycles. The first-order chi connectivity index (χ1) is 26.8. The van der Waals surface area contributed by atoms with Gasteiger partial charge in [0, 0.05) is 33.6 Å². The predicted molar refractivity (Wildman–Crippen MR) is 228 cm³/mol. The Balaban J connectivity index is 1.13. The molecular formula is C52H35NO. The van der Waals surface area contributed by atoms with Gasteiger partial charge < -0.3 is 9.32 Å². The molecule has 0 aliphatic carbocycles. The van der Waals surface area contributed by atoms with Crippen LogP contribution in [0, 0.1) is 0 Å². The molecule has 1 aromatic heterocycles. The molecule has 0 radical (unpaired) electrons. The molecule has 1 heterocycles. The fourth-order valence-corrected chi connectivity index (χ4v) is 7.91. The Bertz CT molecular complexity index is 2920. The van der Waals surface area contributed by atoms with E-state index < -0.39 is 0 Å². The maximum Gasteiger partial charge on any atom is 0.143 e. The van der Waals surface area contributed by atoms with Crippen molar-refractivity contribution in [3.63, 3.8) is 0 Å². The average molecular weight is 690 g/mol. The van der Waals surface area contributed by atoms with Crippen LogP contribution in [0.2, 0.25) is 0 Å². The van der Waals surface area contributed by atoms with Crippen LogP contribution in [0.4, 0.5) is 17.1 Å². The van der Waals surface area contributed by atoms with Crippen LogP contribution in [0.5, 0.6) is 0 Å². The summed E-state index contributed by atoms with van der Waals surface area (Å²) in [7, 11) is 0. The third-order valence-corrected chi connectivity index (χ3v) is 10.5. The number of para-hydroxylation sites is 1. The minimum absolute atomic E-state index is 0.863. The molecule has 0 spiro atoms. The molecule has 0 unspecified atom stereocenters. The Kier molecular flexibility index (Phi) is 7.85. The van der Waals surface area contributed by atoms with Crippen molar-refractivity contribution < 1.29 is 4.42 Å². The van der Waals surface area contributed by atoms with Crippen LogP contribution in [0.25, 0.3) is 77.2 Å². The second kappa shape index (κ2) is 13.4. The first-order valence-electron chi connectivity index (χ1n) is 18.4. The van der Waals surface area contributed by atoms with Gasteiger partial charge in [-0.05, 0) is 91.8 Å². The van der Waals surface area contributed by atoms with Crippen LogP contribution in [0.1, 0.15) is 0 Å². The van der Waals surface area contributed by atoms with E-state index in [0.717, 1.165) is 50.5 Å². The van der Waals surface area contributed by atoms with Gasteiger partial charge in [0.25, 0.3) is 0 Å². The highest BCUT2D eigenvalue weighted by Gasteiger charge is 2.20. The molecular weight excluding hydrogens is 655 g/mol. The molecule has 0 bridgehead atoms. The highest BCUT2D eigenvalue weighted by Crippen LogP contribution is 2.44. The number of benzene rings is 9. The van der Waals surface area contributed by atoms with Gasteiger partial charge in [0.2, 0.25) is 0 Å². The molecule has 0 saturated heterocycles. The number of hydrogen-bond acceptors (Lipinski definition) is 2. The Morgan fingerprint density at radius 2 is 0.870 bits per heavy atom. The molecule has 2 heteroatoms. The van der Waals surface area contributed by atoms with E-state index in [1.54, 1.807) is 0 Å². The van der Waals surface area contributed by atoms with Gasteiger partial charge >= 0.3 is 0 Å². The monoisotopic (exact) mass is 689 g/mol. The van der Waals surface area contributed by atoms with E-state index in [9.17, 15) is 0 Å². The summed E-state index contributed by atoms with van der Waals surface area (Å²) in [5, 5.41) is 6.05. The summed E-state index contributed by atoms with van der Waals surface area (Å²) in [4.78, 5) is 2.36. The number of furan rings is 1. The van der Waals surface area contributed by atoms with Crippen LogP contribution in [-0.4, -0.2) is 0 Å². The Hall–Kier alpha value is -7.16. The fourth-order valence-electron chi connectivity index (χ4n) is 7.91. The van der Waals surface area contributed by atoms with Gasteiger partial charge in [0.15, 0.2) is 0 Å². The van der Waals surface area contributed by atoms with Crippen molar-refractivity contribution >= 4 is 49.6 Å². The molecule has 254 valence electrons. The summed E-state index contributed by atoms with van der Waals surface area (Å²) in [6, 6.07) is 75.7. The summed E-state index contributed by atoms with van der Waals surface area (Å²) in [6.45, 7) is 0. The lowest BCUT2D eigenvalue weighted by Gasteiger charge is -2.27. The molecule has 0 aliphatic rings. The number of fused-ring (bicyclic) bond motifs is 4.